The molecule has 0 N–H and O–H groups in total. The van der Waals surface area contributed by atoms with E-state index in [0.717, 1.165) is 50.9 Å². The summed E-state index contributed by atoms with van der Waals surface area (Å²) in [5, 5.41) is 1.12. The number of rotatable bonds is 8. The van der Waals surface area contributed by atoms with Gasteiger partial charge in [-0.15, -0.1) is 0 Å². The molecule has 1 heterocycles. The second kappa shape index (κ2) is 9.29. The van der Waals surface area contributed by atoms with E-state index < -0.39 is 0 Å². The molecule has 4 rings (SSSR count). The number of hydrogen-bond acceptors (Lipinski definition) is 3. The highest BCUT2D eigenvalue weighted by atomic mass is 79.9. The molecule has 0 bridgehead atoms. The minimum atomic E-state index is 0.638. The SMILES string of the molecule is COc1ccc(-c2c(CCCOCc3ccccc3)oc3ccc(Br)cc23)cc1. The molecule has 0 amide bonds. The van der Waals surface area contributed by atoms with Crippen LogP contribution in [0.4, 0.5) is 0 Å². The summed E-state index contributed by atoms with van der Waals surface area (Å²) in [6.07, 6.45) is 1.72. The fourth-order valence-corrected chi connectivity index (χ4v) is 3.83. The second-order valence-corrected chi connectivity index (χ2v) is 7.83. The van der Waals surface area contributed by atoms with Crippen molar-refractivity contribution in [2.45, 2.75) is 19.4 Å². The monoisotopic (exact) mass is 450 g/mol. The van der Waals surface area contributed by atoms with E-state index in [1.165, 1.54) is 5.56 Å². The zero-order valence-corrected chi connectivity index (χ0v) is 17.9. The third-order valence-corrected chi connectivity index (χ3v) is 5.40. The molecule has 0 spiro atoms. The lowest BCUT2D eigenvalue weighted by atomic mass is 10.00. The van der Waals surface area contributed by atoms with Crippen LogP contribution in [-0.4, -0.2) is 13.7 Å². The van der Waals surface area contributed by atoms with E-state index >= 15 is 0 Å². The van der Waals surface area contributed by atoms with Gasteiger partial charge in [-0.05, 0) is 47.9 Å². The number of benzene rings is 3. The molecule has 0 aliphatic heterocycles. The zero-order valence-electron chi connectivity index (χ0n) is 16.4. The Morgan fingerprint density at radius 1 is 0.931 bits per heavy atom. The topological polar surface area (TPSA) is 31.6 Å². The maximum Gasteiger partial charge on any atom is 0.135 e. The van der Waals surface area contributed by atoms with E-state index in [4.69, 9.17) is 13.9 Å². The number of aryl methyl sites for hydroxylation is 1. The fraction of sp³-hybridized carbons (Fsp3) is 0.200. The molecule has 0 saturated carbocycles. The minimum absolute atomic E-state index is 0.638. The average Bonchev–Trinajstić information content (AvgIpc) is 3.11. The van der Waals surface area contributed by atoms with Crippen LogP contribution >= 0.6 is 15.9 Å². The molecule has 148 valence electrons. The Morgan fingerprint density at radius 3 is 2.48 bits per heavy atom. The van der Waals surface area contributed by atoms with Crippen molar-refractivity contribution < 1.29 is 13.9 Å². The summed E-state index contributed by atoms with van der Waals surface area (Å²) in [7, 11) is 1.68. The van der Waals surface area contributed by atoms with Gasteiger partial charge in [-0.2, -0.15) is 0 Å². The maximum atomic E-state index is 6.22. The smallest absolute Gasteiger partial charge is 0.135 e. The van der Waals surface area contributed by atoms with E-state index in [1.807, 2.05) is 42.5 Å². The number of furan rings is 1. The largest absolute Gasteiger partial charge is 0.497 e. The predicted molar refractivity (Wildman–Crippen MR) is 120 cm³/mol. The third-order valence-electron chi connectivity index (χ3n) is 4.91. The van der Waals surface area contributed by atoms with Crippen molar-refractivity contribution in [1.82, 2.24) is 0 Å². The molecule has 0 unspecified atom stereocenters. The first-order chi connectivity index (χ1) is 14.2. The predicted octanol–water partition coefficient (Wildman–Crippen LogP) is 7.02. The molecule has 3 nitrogen and oxygen atoms in total. The molecule has 3 aromatic carbocycles. The van der Waals surface area contributed by atoms with E-state index in [1.54, 1.807) is 7.11 Å². The van der Waals surface area contributed by atoms with Crippen LogP contribution in [0.15, 0.2) is 81.7 Å². The second-order valence-electron chi connectivity index (χ2n) is 6.91. The fourth-order valence-electron chi connectivity index (χ4n) is 3.47. The summed E-state index contributed by atoms with van der Waals surface area (Å²) >= 11 is 3.58. The van der Waals surface area contributed by atoms with Gasteiger partial charge in [0, 0.05) is 28.5 Å². The molecule has 0 fully saturated rings. The average molecular weight is 451 g/mol. The summed E-state index contributed by atoms with van der Waals surface area (Å²) in [4.78, 5) is 0. The Hall–Kier alpha value is -2.56. The Labute approximate surface area is 179 Å². The van der Waals surface area contributed by atoms with Crippen LogP contribution in [0.5, 0.6) is 5.75 Å². The first-order valence-corrected chi connectivity index (χ1v) is 10.5. The lowest BCUT2D eigenvalue weighted by molar-refractivity contribution is 0.118. The molecule has 0 saturated heterocycles. The van der Waals surface area contributed by atoms with Crippen molar-refractivity contribution in [2.75, 3.05) is 13.7 Å². The first-order valence-electron chi connectivity index (χ1n) is 9.71. The number of fused-ring (bicyclic) bond motifs is 1. The van der Waals surface area contributed by atoms with E-state index in [9.17, 15) is 0 Å². The van der Waals surface area contributed by atoms with Crippen molar-refractivity contribution in [3.63, 3.8) is 0 Å². The van der Waals surface area contributed by atoms with Gasteiger partial charge < -0.3 is 13.9 Å². The zero-order chi connectivity index (χ0) is 20.1. The summed E-state index contributed by atoms with van der Waals surface area (Å²) in [5.41, 5.74) is 4.37. The van der Waals surface area contributed by atoms with Crippen molar-refractivity contribution >= 4 is 26.9 Å². The van der Waals surface area contributed by atoms with Crippen LogP contribution in [-0.2, 0) is 17.8 Å². The summed E-state index contributed by atoms with van der Waals surface area (Å²) in [6.45, 7) is 1.33. The van der Waals surface area contributed by atoms with Gasteiger partial charge in [0.25, 0.3) is 0 Å². The van der Waals surface area contributed by atoms with Gasteiger partial charge in [0.05, 0.1) is 13.7 Å². The molecule has 0 aliphatic rings. The van der Waals surface area contributed by atoms with Gasteiger partial charge in [0.2, 0.25) is 0 Å². The lowest BCUT2D eigenvalue weighted by Crippen LogP contribution is -1.97. The summed E-state index contributed by atoms with van der Waals surface area (Å²) in [6, 6.07) is 24.5. The van der Waals surface area contributed by atoms with Gasteiger partial charge in [0.1, 0.15) is 17.1 Å². The molecule has 0 radical (unpaired) electrons. The van der Waals surface area contributed by atoms with Crippen molar-refractivity contribution in [3.05, 3.63) is 88.6 Å². The Bertz CT molecular complexity index is 1070. The Balaban J connectivity index is 1.51. The van der Waals surface area contributed by atoms with Crippen molar-refractivity contribution in [2.24, 2.45) is 0 Å². The molecule has 1 aromatic heterocycles. The molecule has 4 aromatic rings. The summed E-state index contributed by atoms with van der Waals surface area (Å²) in [5.74, 6) is 1.84. The number of methoxy groups -OCH3 is 1. The number of halogens is 1. The van der Waals surface area contributed by atoms with E-state index in [-0.39, 0.29) is 0 Å². The van der Waals surface area contributed by atoms with Gasteiger partial charge in [0.15, 0.2) is 0 Å². The van der Waals surface area contributed by atoms with Crippen molar-refractivity contribution in [3.8, 4) is 16.9 Å². The normalized spacial score (nSPS) is 11.1. The standard InChI is InChI=1S/C25H23BrO3/c1-27-21-12-9-19(10-13-21)25-22-16-20(26)11-14-23(22)29-24(25)8-5-15-28-17-18-6-3-2-4-7-18/h2-4,6-7,9-14,16H,5,8,15,17H2,1H3. The first kappa shape index (κ1) is 19.7. The number of ether oxygens (including phenoxy) is 2. The van der Waals surface area contributed by atoms with Crippen LogP contribution < -0.4 is 4.74 Å². The third kappa shape index (κ3) is 4.72. The van der Waals surface area contributed by atoms with E-state index in [2.05, 4.69) is 46.3 Å². The molecular weight excluding hydrogens is 428 g/mol. The summed E-state index contributed by atoms with van der Waals surface area (Å²) < 4.78 is 18.4. The maximum absolute atomic E-state index is 6.22. The van der Waals surface area contributed by atoms with Crippen LogP contribution in [0.25, 0.3) is 22.1 Å². The molecule has 0 aliphatic carbocycles. The van der Waals surface area contributed by atoms with Gasteiger partial charge in [-0.3, -0.25) is 0 Å². The lowest BCUT2D eigenvalue weighted by Gasteiger charge is -2.07. The minimum Gasteiger partial charge on any atom is -0.497 e. The molecule has 4 heteroatoms. The Kier molecular flexibility index (Phi) is 6.33. The highest BCUT2D eigenvalue weighted by Gasteiger charge is 2.16. The van der Waals surface area contributed by atoms with Crippen LogP contribution in [0.3, 0.4) is 0 Å². The van der Waals surface area contributed by atoms with Gasteiger partial charge in [-0.1, -0.05) is 58.4 Å². The van der Waals surface area contributed by atoms with Crippen LogP contribution in [0, 0.1) is 0 Å². The van der Waals surface area contributed by atoms with Gasteiger partial charge in [-0.25, -0.2) is 0 Å². The number of hydrogen-bond donors (Lipinski definition) is 0. The van der Waals surface area contributed by atoms with Crippen molar-refractivity contribution in [1.29, 1.82) is 0 Å². The molecule has 29 heavy (non-hydrogen) atoms. The highest BCUT2D eigenvalue weighted by molar-refractivity contribution is 9.10. The van der Waals surface area contributed by atoms with Crippen LogP contribution in [0.1, 0.15) is 17.7 Å². The highest BCUT2D eigenvalue weighted by Crippen LogP contribution is 2.37. The van der Waals surface area contributed by atoms with Crippen LogP contribution in [0.2, 0.25) is 0 Å². The van der Waals surface area contributed by atoms with E-state index in [0.29, 0.717) is 13.2 Å². The Morgan fingerprint density at radius 2 is 1.72 bits per heavy atom. The quantitative estimate of drug-likeness (QED) is 0.270. The molecular formula is C25H23BrO3. The van der Waals surface area contributed by atoms with Gasteiger partial charge >= 0.3 is 0 Å². The molecule has 0 atom stereocenters.